The standard InChI is InChI=1S/C12H18.2C8H16.3CH4.B/c1-7-8(2)10(4)12(6)11(5)9(7)3;2*1-7-3-5-8(2)6-4-7;;;;/h1-6H3;2*7-8H,3-6H2,1-2H3;3*1H4;. The summed E-state index contributed by atoms with van der Waals surface area (Å²) in [5.41, 5.74) is 8.73. The molecule has 1 aromatic carbocycles. The van der Waals surface area contributed by atoms with Crippen molar-refractivity contribution in [2.75, 3.05) is 0 Å². The quantitative estimate of drug-likeness (QED) is 0.348. The number of hydrogen-bond donors (Lipinski definition) is 0. The fourth-order valence-corrected chi connectivity index (χ4v) is 4.54. The van der Waals surface area contributed by atoms with Gasteiger partial charge in [0.05, 0.1) is 0 Å². The van der Waals surface area contributed by atoms with Crippen LogP contribution in [0.1, 0.15) is 135 Å². The summed E-state index contributed by atoms with van der Waals surface area (Å²) in [7, 11) is 0. The van der Waals surface area contributed by atoms with Crippen molar-refractivity contribution < 1.29 is 0 Å². The first-order chi connectivity index (χ1) is 13.0. The summed E-state index contributed by atoms with van der Waals surface area (Å²) in [5.74, 6) is 4.08. The Morgan fingerprint density at radius 3 is 0.531 bits per heavy atom. The van der Waals surface area contributed by atoms with Crippen LogP contribution in [0, 0.1) is 65.2 Å². The summed E-state index contributed by atoms with van der Waals surface area (Å²) >= 11 is 0. The molecule has 0 amide bonds. The molecule has 3 rings (SSSR count). The van der Waals surface area contributed by atoms with Gasteiger partial charge in [-0.2, -0.15) is 0 Å². The highest BCUT2D eigenvalue weighted by atomic mass is 14.2. The van der Waals surface area contributed by atoms with Gasteiger partial charge in [0.25, 0.3) is 0 Å². The maximum Gasteiger partial charge on any atom is 0 e. The van der Waals surface area contributed by atoms with Crippen LogP contribution in [0.4, 0.5) is 0 Å². The lowest BCUT2D eigenvalue weighted by Crippen LogP contribution is -2.08. The molecule has 0 saturated heterocycles. The van der Waals surface area contributed by atoms with E-state index >= 15 is 0 Å². The van der Waals surface area contributed by atoms with Crippen LogP contribution in [-0.2, 0) is 0 Å². The third kappa shape index (κ3) is 12.5. The molecule has 1 heteroatoms. The molecule has 0 atom stereocenters. The van der Waals surface area contributed by atoms with Gasteiger partial charge in [-0.05, 0) is 98.6 Å². The average Bonchev–Trinajstić information content (AvgIpc) is 2.69. The van der Waals surface area contributed by atoms with Gasteiger partial charge < -0.3 is 0 Å². The Bertz CT molecular complexity index is 440. The van der Waals surface area contributed by atoms with Crippen molar-refractivity contribution in [3.63, 3.8) is 0 Å². The van der Waals surface area contributed by atoms with E-state index in [0.29, 0.717) is 0 Å². The second kappa shape index (κ2) is 18.7. The Balaban J connectivity index is -0.000000177. The first kappa shape index (κ1) is 38.5. The zero-order valence-electron chi connectivity index (χ0n) is 21.5. The first-order valence-corrected chi connectivity index (χ1v) is 12.1. The molecule has 189 valence electrons. The summed E-state index contributed by atoms with van der Waals surface area (Å²) in [4.78, 5) is 0. The Labute approximate surface area is 208 Å². The Kier molecular flexibility index (Phi) is 22.5. The molecule has 0 bridgehead atoms. The van der Waals surface area contributed by atoms with E-state index < -0.39 is 0 Å². The summed E-state index contributed by atoms with van der Waals surface area (Å²) < 4.78 is 0. The highest BCUT2D eigenvalue weighted by Gasteiger charge is 2.14. The number of hydrogen-bond acceptors (Lipinski definition) is 0. The van der Waals surface area contributed by atoms with Crippen molar-refractivity contribution in [1.82, 2.24) is 0 Å². The van der Waals surface area contributed by atoms with E-state index in [1.54, 1.807) is 0 Å². The van der Waals surface area contributed by atoms with Crippen molar-refractivity contribution in [1.29, 1.82) is 0 Å². The molecule has 0 unspecified atom stereocenters. The van der Waals surface area contributed by atoms with E-state index in [1.165, 1.54) is 84.7 Å². The minimum Gasteiger partial charge on any atom is -0.0776 e. The molecule has 32 heavy (non-hydrogen) atoms. The molecule has 2 saturated carbocycles. The molecule has 0 aliphatic heterocycles. The van der Waals surface area contributed by atoms with Crippen molar-refractivity contribution in [3.05, 3.63) is 33.4 Å². The predicted molar refractivity (Wildman–Crippen MR) is 154 cm³/mol. The maximum absolute atomic E-state index is 2.37. The number of rotatable bonds is 0. The highest BCUT2D eigenvalue weighted by molar-refractivity contribution is 5.75. The lowest BCUT2D eigenvalue weighted by Gasteiger charge is -2.22. The maximum atomic E-state index is 2.37. The highest BCUT2D eigenvalue weighted by Crippen LogP contribution is 2.28. The van der Waals surface area contributed by atoms with Gasteiger partial charge in [-0.25, -0.2) is 0 Å². The van der Waals surface area contributed by atoms with E-state index in [4.69, 9.17) is 0 Å². The van der Waals surface area contributed by atoms with Crippen LogP contribution in [0.15, 0.2) is 0 Å². The van der Waals surface area contributed by atoms with Gasteiger partial charge in [0.1, 0.15) is 0 Å². The second-order valence-electron chi connectivity index (χ2n) is 10.5. The van der Waals surface area contributed by atoms with E-state index in [-0.39, 0.29) is 30.7 Å². The van der Waals surface area contributed by atoms with Gasteiger partial charge in [0.2, 0.25) is 0 Å². The number of benzene rings is 1. The van der Waals surface area contributed by atoms with Crippen LogP contribution in [0.5, 0.6) is 0 Å². The Morgan fingerprint density at radius 2 is 0.438 bits per heavy atom. The topological polar surface area (TPSA) is 0 Å². The molecule has 2 aliphatic rings. The lowest BCUT2D eigenvalue weighted by atomic mass is 9.84. The second-order valence-corrected chi connectivity index (χ2v) is 10.5. The summed E-state index contributed by atoms with van der Waals surface area (Å²) in [5, 5.41) is 0. The van der Waals surface area contributed by atoms with Crippen molar-refractivity contribution >= 4 is 8.41 Å². The van der Waals surface area contributed by atoms with Gasteiger partial charge in [-0.3, -0.25) is 0 Å². The van der Waals surface area contributed by atoms with Crippen LogP contribution in [0.25, 0.3) is 0 Å². The molecule has 0 aromatic heterocycles. The smallest absolute Gasteiger partial charge is 0 e. The molecule has 1 aromatic rings. The fraction of sp³-hybridized carbons (Fsp3) is 0.806. The summed E-state index contributed by atoms with van der Waals surface area (Å²) in [6, 6.07) is 0. The SMILES string of the molecule is C.C.C.CC1CCC(C)CC1.CC1CCC(C)CC1.Cc1c(C)c(C)c(C)c(C)c1C.[B]. The normalized spacial score (nSPS) is 23.8. The molecule has 0 N–H and O–H groups in total. The third-order valence-corrected chi connectivity index (χ3v) is 7.98. The van der Waals surface area contributed by atoms with Crippen molar-refractivity contribution in [2.24, 2.45) is 23.7 Å². The van der Waals surface area contributed by atoms with E-state index in [0.717, 1.165) is 23.7 Å². The van der Waals surface area contributed by atoms with Gasteiger partial charge in [0.15, 0.2) is 0 Å². The molecular formula is C31H62B. The Morgan fingerprint density at radius 1 is 0.344 bits per heavy atom. The fourth-order valence-electron chi connectivity index (χ4n) is 4.54. The molecular weight excluding hydrogens is 383 g/mol. The molecule has 0 nitrogen and oxygen atoms in total. The minimum atomic E-state index is 0. The van der Waals surface area contributed by atoms with E-state index in [9.17, 15) is 0 Å². The Hall–Kier alpha value is -0.715. The van der Waals surface area contributed by atoms with Gasteiger partial charge >= 0.3 is 0 Å². The zero-order valence-corrected chi connectivity index (χ0v) is 21.5. The van der Waals surface area contributed by atoms with Crippen LogP contribution in [0.3, 0.4) is 0 Å². The molecule has 0 spiro atoms. The van der Waals surface area contributed by atoms with Gasteiger partial charge in [0, 0.05) is 8.41 Å². The van der Waals surface area contributed by atoms with Crippen LogP contribution < -0.4 is 0 Å². The average molecular weight is 446 g/mol. The van der Waals surface area contributed by atoms with Crippen molar-refractivity contribution in [3.8, 4) is 0 Å². The van der Waals surface area contributed by atoms with E-state index in [1.807, 2.05) is 0 Å². The monoisotopic (exact) mass is 445 g/mol. The zero-order chi connectivity index (χ0) is 21.4. The van der Waals surface area contributed by atoms with Crippen LogP contribution in [-0.4, -0.2) is 8.41 Å². The molecule has 3 radical (unpaired) electrons. The predicted octanol–water partition coefficient (Wildman–Crippen LogP) is 10.7. The van der Waals surface area contributed by atoms with Crippen LogP contribution in [0.2, 0.25) is 0 Å². The van der Waals surface area contributed by atoms with Crippen LogP contribution >= 0.6 is 0 Å². The summed E-state index contributed by atoms with van der Waals surface area (Å²) in [6.45, 7) is 22.7. The van der Waals surface area contributed by atoms with Crippen molar-refractivity contribution in [2.45, 2.75) is 143 Å². The lowest BCUT2D eigenvalue weighted by molar-refractivity contribution is 0.308. The van der Waals surface area contributed by atoms with Gasteiger partial charge in [-0.15, -0.1) is 0 Å². The third-order valence-electron chi connectivity index (χ3n) is 7.98. The largest absolute Gasteiger partial charge is 0.0776 e. The first-order valence-electron chi connectivity index (χ1n) is 12.1. The molecule has 0 heterocycles. The summed E-state index contributed by atoms with van der Waals surface area (Å²) in [6.07, 6.45) is 11.8. The van der Waals surface area contributed by atoms with Gasteiger partial charge in [-0.1, -0.05) is 101 Å². The van der Waals surface area contributed by atoms with E-state index in [2.05, 4.69) is 69.2 Å². The molecule has 2 aliphatic carbocycles. The minimum absolute atomic E-state index is 0. The molecule has 2 fully saturated rings.